The number of hydrogen-bond acceptors (Lipinski definition) is 2. The molecule has 0 bridgehead atoms. The Labute approximate surface area is 118 Å². The zero-order valence-corrected chi connectivity index (χ0v) is 12.6. The molecule has 0 amide bonds. The molecule has 0 radical (unpaired) electrons. The van der Waals surface area contributed by atoms with Crippen LogP contribution in [-0.4, -0.2) is 18.6 Å². The van der Waals surface area contributed by atoms with E-state index in [4.69, 9.17) is 5.73 Å². The fourth-order valence-electron chi connectivity index (χ4n) is 3.84. The van der Waals surface area contributed by atoms with Crippen LogP contribution in [0.1, 0.15) is 40.0 Å². The Morgan fingerprint density at radius 1 is 1.21 bits per heavy atom. The highest BCUT2D eigenvalue weighted by molar-refractivity contribution is 5.49. The number of para-hydroxylation sites is 1. The third-order valence-electron chi connectivity index (χ3n) is 4.99. The van der Waals surface area contributed by atoms with Gasteiger partial charge in [-0.2, -0.15) is 0 Å². The van der Waals surface area contributed by atoms with Crippen molar-refractivity contribution >= 4 is 5.69 Å². The first-order chi connectivity index (χ1) is 9.14. The van der Waals surface area contributed by atoms with Crippen LogP contribution in [0.3, 0.4) is 0 Å². The lowest BCUT2D eigenvalue weighted by atomic mass is 9.68. The molecule has 0 aliphatic heterocycles. The number of rotatable bonds is 4. The van der Waals surface area contributed by atoms with Crippen molar-refractivity contribution in [3.63, 3.8) is 0 Å². The maximum Gasteiger partial charge on any atom is 0.0552 e. The lowest BCUT2D eigenvalue weighted by Gasteiger charge is -2.52. The molecule has 1 aliphatic carbocycles. The minimum absolute atomic E-state index is 0.133. The molecule has 19 heavy (non-hydrogen) atoms. The lowest BCUT2D eigenvalue weighted by molar-refractivity contribution is 0.157. The smallest absolute Gasteiger partial charge is 0.0552 e. The van der Waals surface area contributed by atoms with Crippen LogP contribution in [0, 0.1) is 11.8 Å². The van der Waals surface area contributed by atoms with Gasteiger partial charge in [-0.25, -0.2) is 0 Å². The third kappa shape index (κ3) is 2.64. The Hall–Kier alpha value is -1.02. The van der Waals surface area contributed by atoms with Crippen LogP contribution in [0.4, 0.5) is 5.69 Å². The molecule has 1 saturated carbocycles. The van der Waals surface area contributed by atoms with E-state index in [1.807, 2.05) is 0 Å². The molecule has 106 valence electrons. The zero-order chi connectivity index (χ0) is 13.9. The standard InChI is InChI=1S/C17H28N2/c1-4-19(16-8-6-5-7-9-16)17(13-18)12-14(2)10-11-15(17)3/h5-9,14-15H,4,10-13,18H2,1-3H3. The maximum absolute atomic E-state index is 6.26. The van der Waals surface area contributed by atoms with Gasteiger partial charge in [-0.15, -0.1) is 0 Å². The van der Waals surface area contributed by atoms with E-state index < -0.39 is 0 Å². The van der Waals surface area contributed by atoms with Gasteiger partial charge in [-0.1, -0.05) is 38.5 Å². The van der Waals surface area contributed by atoms with Crippen LogP contribution in [0.2, 0.25) is 0 Å². The van der Waals surface area contributed by atoms with Gasteiger partial charge in [0.15, 0.2) is 0 Å². The summed E-state index contributed by atoms with van der Waals surface area (Å²) in [5, 5.41) is 0. The highest BCUT2D eigenvalue weighted by Gasteiger charge is 2.43. The predicted octanol–water partition coefficient (Wildman–Crippen LogP) is 3.67. The van der Waals surface area contributed by atoms with Gasteiger partial charge in [0.1, 0.15) is 0 Å². The van der Waals surface area contributed by atoms with Gasteiger partial charge in [0.25, 0.3) is 0 Å². The highest BCUT2D eigenvalue weighted by atomic mass is 15.2. The summed E-state index contributed by atoms with van der Waals surface area (Å²) in [4.78, 5) is 2.55. The van der Waals surface area contributed by atoms with Crippen LogP contribution in [0.25, 0.3) is 0 Å². The molecular weight excluding hydrogens is 232 g/mol. The Balaban J connectivity index is 2.37. The van der Waals surface area contributed by atoms with Crippen molar-refractivity contribution < 1.29 is 0 Å². The van der Waals surface area contributed by atoms with Crippen LogP contribution in [-0.2, 0) is 0 Å². The van der Waals surface area contributed by atoms with Crippen molar-refractivity contribution in [3.8, 4) is 0 Å². The number of nitrogens with zero attached hydrogens (tertiary/aromatic N) is 1. The first kappa shape index (κ1) is 14.4. The molecule has 1 aromatic rings. The molecule has 0 heterocycles. The molecule has 2 rings (SSSR count). The van der Waals surface area contributed by atoms with E-state index in [0.29, 0.717) is 5.92 Å². The Morgan fingerprint density at radius 2 is 1.89 bits per heavy atom. The third-order valence-corrected chi connectivity index (χ3v) is 4.99. The predicted molar refractivity (Wildman–Crippen MR) is 83.4 cm³/mol. The van der Waals surface area contributed by atoms with Gasteiger partial charge in [0.2, 0.25) is 0 Å². The first-order valence-corrected chi connectivity index (χ1v) is 7.66. The van der Waals surface area contributed by atoms with E-state index >= 15 is 0 Å². The van der Waals surface area contributed by atoms with Crippen LogP contribution >= 0.6 is 0 Å². The zero-order valence-electron chi connectivity index (χ0n) is 12.6. The second-order valence-electron chi connectivity index (χ2n) is 6.18. The molecule has 2 heteroatoms. The average molecular weight is 260 g/mol. The van der Waals surface area contributed by atoms with Crippen molar-refractivity contribution in [2.45, 2.75) is 45.6 Å². The second-order valence-corrected chi connectivity index (χ2v) is 6.18. The molecule has 3 atom stereocenters. The van der Waals surface area contributed by atoms with Crippen molar-refractivity contribution in [1.29, 1.82) is 0 Å². The molecule has 0 aromatic heterocycles. The van der Waals surface area contributed by atoms with Crippen LogP contribution in [0.5, 0.6) is 0 Å². The van der Waals surface area contributed by atoms with Crippen molar-refractivity contribution in [2.75, 3.05) is 18.0 Å². The quantitative estimate of drug-likeness (QED) is 0.895. The monoisotopic (exact) mass is 260 g/mol. The molecule has 1 fully saturated rings. The molecule has 0 saturated heterocycles. The van der Waals surface area contributed by atoms with E-state index in [-0.39, 0.29) is 5.54 Å². The molecule has 3 unspecified atom stereocenters. The number of anilines is 1. The average Bonchev–Trinajstić information content (AvgIpc) is 2.44. The highest BCUT2D eigenvalue weighted by Crippen LogP contribution is 2.42. The minimum atomic E-state index is 0.133. The Morgan fingerprint density at radius 3 is 2.47 bits per heavy atom. The summed E-state index contributed by atoms with van der Waals surface area (Å²) in [6, 6.07) is 10.8. The molecular formula is C17H28N2. The molecule has 2 N–H and O–H groups in total. The van der Waals surface area contributed by atoms with E-state index in [1.54, 1.807) is 0 Å². The summed E-state index contributed by atoms with van der Waals surface area (Å²) in [6.07, 6.45) is 3.85. The van der Waals surface area contributed by atoms with E-state index in [1.165, 1.54) is 24.9 Å². The van der Waals surface area contributed by atoms with Gasteiger partial charge in [0, 0.05) is 18.8 Å². The Kier molecular flexibility index (Phi) is 4.51. The van der Waals surface area contributed by atoms with Crippen molar-refractivity contribution in [3.05, 3.63) is 30.3 Å². The topological polar surface area (TPSA) is 29.3 Å². The van der Waals surface area contributed by atoms with Gasteiger partial charge >= 0.3 is 0 Å². The van der Waals surface area contributed by atoms with Crippen molar-refractivity contribution in [1.82, 2.24) is 0 Å². The van der Waals surface area contributed by atoms with Gasteiger partial charge in [-0.05, 0) is 43.7 Å². The molecule has 0 spiro atoms. The Bertz CT molecular complexity index is 390. The van der Waals surface area contributed by atoms with Gasteiger partial charge in [-0.3, -0.25) is 0 Å². The molecule has 1 aromatic carbocycles. The van der Waals surface area contributed by atoms with Crippen LogP contribution in [0.15, 0.2) is 30.3 Å². The molecule has 1 aliphatic rings. The largest absolute Gasteiger partial charge is 0.365 e. The van der Waals surface area contributed by atoms with E-state index in [0.717, 1.165) is 19.0 Å². The fourth-order valence-corrected chi connectivity index (χ4v) is 3.84. The number of benzene rings is 1. The van der Waals surface area contributed by atoms with Gasteiger partial charge < -0.3 is 10.6 Å². The fraction of sp³-hybridized carbons (Fsp3) is 0.647. The number of hydrogen-bond donors (Lipinski definition) is 1. The minimum Gasteiger partial charge on any atom is -0.365 e. The van der Waals surface area contributed by atoms with Crippen molar-refractivity contribution in [2.24, 2.45) is 17.6 Å². The normalized spacial score (nSPS) is 31.2. The van der Waals surface area contributed by atoms with Gasteiger partial charge in [0.05, 0.1) is 5.54 Å². The summed E-state index contributed by atoms with van der Waals surface area (Å²) in [6.45, 7) is 8.77. The second kappa shape index (κ2) is 5.96. The lowest BCUT2D eigenvalue weighted by Crippen LogP contribution is -2.60. The van der Waals surface area contributed by atoms with E-state index in [2.05, 4.69) is 56.0 Å². The number of nitrogens with two attached hydrogens (primary N) is 1. The summed E-state index contributed by atoms with van der Waals surface area (Å²) in [7, 11) is 0. The SMILES string of the molecule is CCN(c1ccccc1)C1(CN)CC(C)CCC1C. The summed E-state index contributed by atoms with van der Waals surface area (Å²) in [5.41, 5.74) is 7.71. The summed E-state index contributed by atoms with van der Waals surface area (Å²) in [5.74, 6) is 1.44. The summed E-state index contributed by atoms with van der Waals surface area (Å²) >= 11 is 0. The maximum atomic E-state index is 6.26. The number of likely N-dealkylation sites (N-methyl/N-ethyl adjacent to an activating group) is 1. The molecule has 2 nitrogen and oxygen atoms in total. The van der Waals surface area contributed by atoms with E-state index in [9.17, 15) is 0 Å². The first-order valence-electron chi connectivity index (χ1n) is 7.66. The summed E-state index contributed by atoms with van der Waals surface area (Å²) < 4.78 is 0. The van der Waals surface area contributed by atoms with Crippen LogP contribution < -0.4 is 10.6 Å².